The first-order chi connectivity index (χ1) is 8.56. The van der Waals surface area contributed by atoms with E-state index in [0.717, 1.165) is 4.90 Å². The van der Waals surface area contributed by atoms with Gasteiger partial charge >= 0.3 is 0 Å². The van der Waals surface area contributed by atoms with Gasteiger partial charge in [0.15, 0.2) is 5.78 Å². The number of carbonyl (C=O) groups excluding carboxylic acids is 1. The first-order valence-corrected chi connectivity index (χ1v) is 6.77. The van der Waals surface area contributed by atoms with Crippen LogP contribution in [-0.2, 0) is 7.05 Å². The van der Waals surface area contributed by atoms with Gasteiger partial charge in [0.25, 0.3) is 0 Å². The summed E-state index contributed by atoms with van der Waals surface area (Å²) in [5.41, 5.74) is 0.645. The summed E-state index contributed by atoms with van der Waals surface area (Å²) in [7, 11) is 1.85. The molecule has 1 aromatic heterocycles. The molecule has 0 amide bonds. The summed E-state index contributed by atoms with van der Waals surface area (Å²) >= 11 is 7.38. The Morgan fingerprint density at radius 2 is 2.28 bits per heavy atom. The molecule has 0 bridgehead atoms. The average molecular weight is 281 g/mol. The van der Waals surface area contributed by atoms with Crippen LogP contribution in [0.4, 0.5) is 0 Å². The van der Waals surface area contributed by atoms with Gasteiger partial charge in [-0.05, 0) is 19.1 Å². The molecular weight excluding hydrogens is 268 g/mol. The predicted molar refractivity (Wildman–Crippen MR) is 74.3 cm³/mol. The monoisotopic (exact) mass is 280 g/mol. The Bertz CT molecular complexity index is 568. The number of aryl methyl sites for hydroxylation is 1. The third kappa shape index (κ3) is 3.15. The maximum absolute atomic E-state index is 12.2. The molecule has 0 N–H and O–H groups in total. The molecule has 2 aromatic rings. The molecule has 1 heterocycles. The second kappa shape index (κ2) is 5.59. The van der Waals surface area contributed by atoms with Gasteiger partial charge in [0.1, 0.15) is 0 Å². The maximum atomic E-state index is 12.2. The summed E-state index contributed by atoms with van der Waals surface area (Å²) in [6, 6.07) is 7.03. The molecule has 5 heteroatoms. The van der Waals surface area contributed by atoms with E-state index in [0.29, 0.717) is 10.6 Å². The predicted octanol–water partition coefficient (Wildman–Crippen LogP) is 3.44. The molecule has 0 fully saturated rings. The molecule has 0 spiro atoms. The van der Waals surface area contributed by atoms with Crippen molar-refractivity contribution in [3.8, 4) is 0 Å². The minimum atomic E-state index is -0.160. The van der Waals surface area contributed by atoms with Gasteiger partial charge < -0.3 is 0 Å². The van der Waals surface area contributed by atoms with Crippen LogP contribution in [0.5, 0.6) is 0 Å². The molecular formula is C13H13ClN2OS. The van der Waals surface area contributed by atoms with Gasteiger partial charge in [-0.2, -0.15) is 5.10 Å². The van der Waals surface area contributed by atoms with Crippen molar-refractivity contribution in [3.63, 3.8) is 0 Å². The third-order valence-electron chi connectivity index (χ3n) is 2.47. The zero-order valence-electron chi connectivity index (χ0n) is 10.1. The first-order valence-electron chi connectivity index (χ1n) is 5.51. The minimum Gasteiger partial charge on any atom is -0.293 e. The summed E-state index contributed by atoms with van der Waals surface area (Å²) < 4.78 is 1.72. The van der Waals surface area contributed by atoms with Crippen molar-refractivity contribution < 1.29 is 4.79 Å². The van der Waals surface area contributed by atoms with Crippen LogP contribution in [0.2, 0.25) is 5.02 Å². The van der Waals surface area contributed by atoms with E-state index in [9.17, 15) is 4.79 Å². The molecule has 0 aliphatic rings. The van der Waals surface area contributed by atoms with Gasteiger partial charge in [-0.25, -0.2) is 0 Å². The van der Waals surface area contributed by atoms with E-state index >= 15 is 0 Å². The van der Waals surface area contributed by atoms with Gasteiger partial charge in [0.2, 0.25) is 0 Å². The molecule has 0 aliphatic carbocycles. The Kier molecular flexibility index (Phi) is 4.09. The summed E-state index contributed by atoms with van der Waals surface area (Å²) in [4.78, 5) is 13.2. The van der Waals surface area contributed by atoms with Gasteiger partial charge in [-0.15, -0.1) is 11.8 Å². The van der Waals surface area contributed by atoms with Gasteiger partial charge in [-0.3, -0.25) is 9.48 Å². The minimum absolute atomic E-state index is 0.0753. The van der Waals surface area contributed by atoms with Crippen LogP contribution in [0, 0.1) is 0 Å². The number of hydrogen-bond donors (Lipinski definition) is 0. The van der Waals surface area contributed by atoms with Crippen molar-refractivity contribution in [3.05, 3.63) is 47.2 Å². The van der Waals surface area contributed by atoms with E-state index < -0.39 is 0 Å². The van der Waals surface area contributed by atoms with E-state index in [1.54, 1.807) is 35.1 Å². The molecule has 0 saturated carbocycles. The van der Waals surface area contributed by atoms with Gasteiger partial charge in [-0.1, -0.05) is 23.7 Å². The highest BCUT2D eigenvalue weighted by Crippen LogP contribution is 2.25. The normalized spacial score (nSPS) is 12.4. The Morgan fingerprint density at radius 1 is 1.50 bits per heavy atom. The highest BCUT2D eigenvalue weighted by atomic mass is 35.5. The zero-order chi connectivity index (χ0) is 13.1. The Labute approximate surface area is 115 Å². The van der Waals surface area contributed by atoms with Crippen molar-refractivity contribution in [1.29, 1.82) is 0 Å². The quantitative estimate of drug-likeness (QED) is 0.636. The van der Waals surface area contributed by atoms with Crippen LogP contribution < -0.4 is 0 Å². The number of halogens is 1. The number of benzene rings is 1. The summed E-state index contributed by atoms with van der Waals surface area (Å²) in [5.74, 6) is 0.0753. The smallest absolute Gasteiger partial charge is 0.175 e. The Balaban J connectivity index is 2.09. The van der Waals surface area contributed by atoms with Crippen molar-refractivity contribution in [2.24, 2.45) is 7.05 Å². The van der Waals surface area contributed by atoms with Gasteiger partial charge in [0.05, 0.1) is 11.4 Å². The summed E-state index contributed by atoms with van der Waals surface area (Å²) in [6.07, 6.45) is 3.65. The zero-order valence-corrected chi connectivity index (χ0v) is 11.7. The number of nitrogens with zero attached hydrogens (tertiary/aromatic N) is 2. The van der Waals surface area contributed by atoms with Crippen LogP contribution >= 0.6 is 23.4 Å². The Hall–Kier alpha value is -1.26. The highest BCUT2D eigenvalue weighted by Gasteiger charge is 2.17. The molecule has 1 atom stereocenters. The van der Waals surface area contributed by atoms with Crippen LogP contribution in [-0.4, -0.2) is 20.8 Å². The molecule has 0 aliphatic heterocycles. The fourth-order valence-electron chi connectivity index (χ4n) is 1.59. The summed E-state index contributed by atoms with van der Waals surface area (Å²) in [5, 5.41) is 4.50. The number of hydrogen-bond acceptors (Lipinski definition) is 3. The number of rotatable bonds is 4. The highest BCUT2D eigenvalue weighted by molar-refractivity contribution is 8.00. The topological polar surface area (TPSA) is 34.9 Å². The van der Waals surface area contributed by atoms with E-state index in [4.69, 9.17) is 11.6 Å². The number of thioether (sulfide) groups is 1. The maximum Gasteiger partial charge on any atom is 0.175 e. The van der Waals surface area contributed by atoms with E-state index in [1.807, 2.05) is 20.2 Å². The molecule has 1 unspecified atom stereocenters. The van der Waals surface area contributed by atoms with Crippen molar-refractivity contribution in [2.45, 2.75) is 17.1 Å². The van der Waals surface area contributed by atoms with Crippen LogP contribution in [0.15, 0.2) is 41.6 Å². The van der Waals surface area contributed by atoms with Crippen LogP contribution in [0.3, 0.4) is 0 Å². The second-order valence-electron chi connectivity index (χ2n) is 3.98. The lowest BCUT2D eigenvalue weighted by molar-refractivity contribution is 0.0994. The molecule has 0 radical (unpaired) electrons. The Morgan fingerprint density at radius 3 is 2.89 bits per heavy atom. The molecule has 1 aromatic carbocycles. The molecule has 2 rings (SSSR count). The molecule has 3 nitrogen and oxygen atoms in total. The fourth-order valence-corrected chi connectivity index (χ4v) is 2.76. The van der Waals surface area contributed by atoms with Crippen molar-refractivity contribution >= 4 is 29.1 Å². The van der Waals surface area contributed by atoms with E-state index in [1.165, 1.54) is 11.8 Å². The number of Topliss-reactive ketones (excluding diaryl/α,β-unsaturated/α-hetero) is 1. The van der Waals surface area contributed by atoms with Crippen LogP contribution in [0.25, 0.3) is 0 Å². The SMILES string of the molecule is CC(Sc1cnn(C)c1)C(=O)c1cccc(Cl)c1. The van der Waals surface area contributed by atoms with Crippen molar-refractivity contribution in [1.82, 2.24) is 9.78 Å². The lowest BCUT2D eigenvalue weighted by atomic mass is 10.1. The molecule has 94 valence electrons. The standard InChI is InChI=1S/C13H13ClN2OS/c1-9(18-12-7-15-16(2)8-12)13(17)10-4-3-5-11(14)6-10/h3-9H,1-2H3. The number of ketones is 1. The largest absolute Gasteiger partial charge is 0.293 e. The average Bonchev–Trinajstić information content (AvgIpc) is 2.73. The first kappa shape index (κ1) is 13.2. The third-order valence-corrected chi connectivity index (χ3v) is 3.76. The lowest BCUT2D eigenvalue weighted by Crippen LogP contribution is -2.13. The number of aromatic nitrogens is 2. The van der Waals surface area contributed by atoms with Crippen LogP contribution in [0.1, 0.15) is 17.3 Å². The van der Waals surface area contributed by atoms with E-state index in [2.05, 4.69) is 5.10 Å². The molecule has 0 saturated heterocycles. The fraction of sp³-hybridized carbons (Fsp3) is 0.231. The van der Waals surface area contributed by atoms with Gasteiger partial charge in [0, 0.05) is 28.7 Å². The molecule has 18 heavy (non-hydrogen) atoms. The summed E-state index contributed by atoms with van der Waals surface area (Å²) in [6.45, 7) is 1.89. The second-order valence-corrected chi connectivity index (χ2v) is 5.84. The van der Waals surface area contributed by atoms with E-state index in [-0.39, 0.29) is 11.0 Å². The lowest BCUT2D eigenvalue weighted by Gasteiger charge is -2.08. The number of carbonyl (C=O) groups is 1. The van der Waals surface area contributed by atoms with Crippen molar-refractivity contribution in [2.75, 3.05) is 0 Å².